The van der Waals surface area contributed by atoms with E-state index in [1.807, 2.05) is 6.07 Å². The van der Waals surface area contributed by atoms with Gasteiger partial charge in [-0.15, -0.1) is 0 Å². The van der Waals surface area contributed by atoms with Crippen molar-refractivity contribution in [3.05, 3.63) is 48.0 Å². The molecule has 0 bridgehead atoms. The monoisotopic (exact) mass is 284 g/mol. The van der Waals surface area contributed by atoms with Crippen molar-refractivity contribution in [1.29, 1.82) is 5.26 Å². The van der Waals surface area contributed by atoms with E-state index in [0.717, 1.165) is 0 Å². The lowest BCUT2D eigenvalue weighted by atomic mass is 10.1. The average Bonchev–Trinajstić information content (AvgIpc) is 2.46. The minimum atomic E-state index is -0.682. The molecule has 21 heavy (non-hydrogen) atoms. The Morgan fingerprint density at radius 3 is 2.48 bits per heavy atom. The van der Waals surface area contributed by atoms with E-state index in [4.69, 9.17) is 10.00 Å². The van der Waals surface area contributed by atoms with Crippen LogP contribution in [0.4, 0.5) is 5.69 Å². The molecule has 0 unspecified atom stereocenters. The molecule has 0 radical (unpaired) electrons. The number of nitrogens with one attached hydrogen (secondary N) is 1. The first-order valence-electron chi connectivity index (χ1n) is 6.04. The summed E-state index contributed by atoms with van der Waals surface area (Å²) in [5, 5.41) is 30.4. The van der Waals surface area contributed by atoms with E-state index < -0.39 is 5.91 Å². The number of ether oxygens (including phenoxy) is 1. The molecule has 2 aromatic rings. The molecular formula is C15H12N2O4. The first kappa shape index (κ1) is 14.2. The first-order valence-corrected chi connectivity index (χ1v) is 6.04. The van der Waals surface area contributed by atoms with Crippen LogP contribution in [0.2, 0.25) is 0 Å². The Balaban J connectivity index is 2.26. The predicted octanol–water partition coefficient (Wildman–Crippen LogP) is 2.25. The fraction of sp³-hybridized carbons (Fsp3) is 0.0667. The minimum absolute atomic E-state index is 0.158. The van der Waals surface area contributed by atoms with Gasteiger partial charge in [0.25, 0.3) is 5.91 Å². The number of benzene rings is 2. The van der Waals surface area contributed by atoms with Gasteiger partial charge in [-0.2, -0.15) is 5.26 Å². The third kappa shape index (κ3) is 3.22. The minimum Gasteiger partial charge on any atom is -0.507 e. The van der Waals surface area contributed by atoms with Crippen molar-refractivity contribution >= 4 is 11.6 Å². The zero-order valence-electron chi connectivity index (χ0n) is 10.9. The van der Waals surface area contributed by atoms with E-state index in [-0.39, 0.29) is 23.7 Å². The van der Waals surface area contributed by atoms with E-state index in [9.17, 15) is 15.0 Å². The molecule has 0 saturated carbocycles. The number of rotatable bonds is 4. The molecule has 0 spiro atoms. The predicted molar refractivity (Wildman–Crippen MR) is 75.3 cm³/mol. The highest BCUT2D eigenvalue weighted by atomic mass is 16.5. The molecule has 2 aromatic carbocycles. The van der Waals surface area contributed by atoms with E-state index >= 15 is 0 Å². The van der Waals surface area contributed by atoms with Crippen molar-refractivity contribution in [2.24, 2.45) is 0 Å². The van der Waals surface area contributed by atoms with Crippen LogP contribution in [0.3, 0.4) is 0 Å². The Labute approximate surface area is 120 Å². The topological polar surface area (TPSA) is 103 Å². The number of hydrogen-bond donors (Lipinski definition) is 3. The van der Waals surface area contributed by atoms with Crippen LogP contribution in [0.1, 0.15) is 10.4 Å². The normalized spacial score (nSPS) is 9.67. The van der Waals surface area contributed by atoms with Gasteiger partial charge in [-0.25, -0.2) is 0 Å². The van der Waals surface area contributed by atoms with Crippen LogP contribution in [0, 0.1) is 11.3 Å². The maximum absolute atomic E-state index is 12.1. The average molecular weight is 284 g/mol. The second kappa shape index (κ2) is 6.30. The summed E-state index contributed by atoms with van der Waals surface area (Å²) >= 11 is 0. The number of nitriles is 1. The lowest BCUT2D eigenvalue weighted by molar-refractivity contribution is 0.102. The zero-order valence-corrected chi connectivity index (χ0v) is 10.9. The fourth-order valence-corrected chi connectivity index (χ4v) is 1.75. The van der Waals surface area contributed by atoms with Gasteiger partial charge in [-0.05, 0) is 24.3 Å². The van der Waals surface area contributed by atoms with Crippen molar-refractivity contribution < 1.29 is 19.7 Å². The molecule has 6 heteroatoms. The van der Waals surface area contributed by atoms with E-state index in [0.29, 0.717) is 11.4 Å². The maximum Gasteiger partial charge on any atom is 0.263 e. The Bertz CT molecular complexity index is 687. The van der Waals surface area contributed by atoms with Crippen molar-refractivity contribution in [1.82, 2.24) is 0 Å². The number of nitrogens with zero attached hydrogens (tertiary/aromatic N) is 1. The number of para-hydroxylation sites is 2. The molecule has 1 amide bonds. The molecule has 0 aliphatic rings. The maximum atomic E-state index is 12.1. The molecule has 0 atom stereocenters. The van der Waals surface area contributed by atoms with Crippen LogP contribution >= 0.6 is 0 Å². The van der Waals surface area contributed by atoms with Gasteiger partial charge in [0.05, 0.1) is 5.69 Å². The molecule has 0 saturated heterocycles. The van der Waals surface area contributed by atoms with E-state index in [1.54, 1.807) is 24.3 Å². The second-order valence-electron chi connectivity index (χ2n) is 4.07. The summed E-state index contributed by atoms with van der Waals surface area (Å²) in [7, 11) is 0. The molecule has 0 aliphatic heterocycles. The Kier molecular flexibility index (Phi) is 4.26. The van der Waals surface area contributed by atoms with Gasteiger partial charge in [-0.3, -0.25) is 4.79 Å². The summed E-state index contributed by atoms with van der Waals surface area (Å²) in [6.45, 7) is -0.158. The van der Waals surface area contributed by atoms with Crippen LogP contribution in [-0.4, -0.2) is 22.7 Å². The molecule has 2 rings (SSSR count). The summed E-state index contributed by atoms with van der Waals surface area (Å²) in [6.07, 6.45) is 0. The SMILES string of the molecule is N#CCOc1ccccc1NC(=O)c1c(O)cccc1O. The van der Waals surface area contributed by atoms with Gasteiger partial charge >= 0.3 is 0 Å². The molecule has 0 fully saturated rings. The summed E-state index contributed by atoms with van der Waals surface area (Å²) in [4.78, 5) is 12.1. The van der Waals surface area contributed by atoms with Gasteiger partial charge < -0.3 is 20.3 Å². The molecule has 0 heterocycles. The molecule has 3 N–H and O–H groups in total. The molecular weight excluding hydrogens is 272 g/mol. The highest BCUT2D eigenvalue weighted by Gasteiger charge is 2.17. The highest BCUT2D eigenvalue weighted by Crippen LogP contribution is 2.29. The summed E-state index contributed by atoms with van der Waals surface area (Å²) < 4.78 is 5.18. The summed E-state index contributed by atoms with van der Waals surface area (Å²) in [6, 6.07) is 12.4. The number of aromatic hydroxyl groups is 2. The van der Waals surface area contributed by atoms with Gasteiger partial charge in [0, 0.05) is 0 Å². The van der Waals surface area contributed by atoms with Crippen LogP contribution in [0.5, 0.6) is 17.2 Å². The Morgan fingerprint density at radius 2 is 1.81 bits per heavy atom. The van der Waals surface area contributed by atoms with Gasteiger partial charge in [0.15, 0.2) is 6.61 Å². The Hall–Kier alpha value is -3.20. The number of phenolic OH excluding ortho intramolecular Hbond substituents is 2. The van der Waals surface area contributed by atoms with Gasteiger partial charge in [0.1, 0.15) is 28.9 Å². The lowest BCUT2D eigenvalue weighted by Gasteiger charge is -2.12. The molecule has 106 valence electrons. The van der Waals surface area contributed by atoms with Crippen molar-refractivity contribution in [2.45, 2.75) is 0 Å². The van der Waals surface area contributed by atoms with Crippen molar-refractivity contribution in [2.75, 3.05) is 11.9 Å². The summed E-state index contributed by atoms with van der Waals surface area (Å²) in [5.41, 5.74) is 0.105. The largest absolute Gasteiger partial charge is 0.507 e. The van der Waals surface area contributed by atoms with Crippen molar-refractivity contribution in [3.8, 4) is 23.3 Å². The second-order valence-corrected chi connectivity index (χ2v) is 4.07. The third-order valence-corrected chi connectivity index (χ3v) is 2.68. The number of carbonyl (C=O) groups excluding carboxylic acids is 1. The first-order chi connectivity index (χ1) is 10.1. The number of phenols is 2. The fourth-order valence-electron chi connectivity index (χ4n) is 1.75. The highest BCUT2D eigenvalue weighted by molar-refractivity contribution is 6.08. The number of amides is 1. The molecule has 6 nitrogen and oxygen atoms in total. The van der Waals surface area contributed by atoms with Gasteiger partial charge in [-0.1, -0.05) is 18.2 Å². The van der Waals surface area contributed by atoms with Crippen LogP contribution < -0.4 is 10.1 Å². The lowest BCUT2D eigenvalue weighted by Crippen LogP contribution is -2.13. The van der Waals surface area contributed by atoms with Crippen LogP contribution in [-0.2, 0) is 0 Å². The third-order valence-electron chi connectivity index (χ3n) is 2.68. The van der Waals surface area contributed by atoms with E-state index in [2.05, 4.69) is 5.32 Å². The van der Waals surface area contributed by atoms with Crippen LogP contribution in [0.25, 0.3) is 0 Å². The quantitative estimate of drug-likeness (QED) is 0.799. The number of carbonyl (C=O) groups is 1. The van der Waals surface area contributed by atoms with Crippen LogP contribution in [0.15, 0.2) is 42.5 Å². The van der Waals surface area contributed by atoms with E-state index in [1.165, 1.54) is 18.2 Å². The standard InChI is InChI=1S/C15H12N2O4/c16-8-9-21-13-7-2-1-4-10(13)17-15(20)14-11(18)5-3-6-12(14)19/h1-7,18-19H,9H2,(H,17,20). The van der Waals surface area contributed by atoms with Crippen molar-refractivity contribution in [3.63, 3.8) is 0 Å². The zero-order chi connectivity index (χ0) is 15.2. The smallest absolute Gasteiger partial charge is 0.263 e. The molecule has 0 aliphatic carbocycles. The number of anilines is 1. The van der Waals surface area contributed by atoms with Gasteiger partial charge in [0.2, 0.25) is 0 Å². The molecule has 0 aromatic heterocycles. The summed E-state index contributed by atoms with van der Waals surface area (Å²) in [5.74, 6) is -1.02. The Morgan fingerprint density at radius 1 is 1.14 bits per heavy atom. The number of hydrogen-bond acceptors (Lipinski definition) is 5.